The van der Waals surface area contributed by atoms with Crippen molar-refractivity contribution in [2.24, 2.45) is 12.8 Å². The van der Waals surface area contributed by atoms with Crippen LogP contribution in [-0.2, 0) is 24.8 Å². The van der Waals surface area contributed by atoms with Crippen LogP contribution in [0.15, 0.2) is 36.5 Å². The Kier molecular flexibility index (Phi) is 5.59. The Morgan fingerprint density at radius 3 is 2.94 bits per heavy atom. The van der Waals surface area contributed by atoms with Gasteiger partial charge < -0.3 is 24.5 Å². The van der Waals surface area contributed by atoms with Crippen LogP contribution in [0, 0.1) is 0 Å². The van der Waals surface area contributed by atoms with E-state index in [1.807, 2.05) is 31.3 Å². The van der Waals surface area contributed by atoms with Gasteiger partial charge in [0.1, 0.15) is 12.3 Å². The summed E-state index contributed by atoms with van der Waals surface area (Å²) in [6.45, 7) is 1.30. The second-order valence-corrected chi connectivity index (χ2v) is 8.50. The number of benzene rings is 1. The van der Waals surface area contributed by atoms with Crippen molar-refractivity contribution in [2.45, 2.75) is 19.0 Å². The molecule has 0 fully saturated rings. The molecule has 1 aromatic carbocycles. The Hall–Kier alpha value is -3.30. The first-order valence-electron chi connectivity index (χ1n) is 11.1. The summed E-state index contributed by atoms with van der Waals surface area (Å²) in [5, 5.41) is 1.03. The fourth-order valence-corrected chi connectivity index (χ4v) is 4.63. The van der Waals surface area contributed by atoms with E-state index < -0.39 is 12.7 Å². The van der Waals surface area contributed by atoms with Crippen LogP contribution in [0.3, 0.4) is 0 Å². The topological polar surface area (TPSA) is 91.2 Å². The van der Waals surface area contributed by atoms with Crippen LogP contribution in [0.25, 0.3) is 33.6 Å². The number of aryl methyl sites for hydroxylation is 1. The van der Waals surface area contributed by atoms with Gasteiger partial charge in [-0.25, -0.2) is 14.4 Å². The van der Waals surface area contributed by atoms with E-state index in [4.69, 9.17) is 15.5 Å². The van der Waals surface area contributed by atoms with Gasteiger partial charge in [-0.05, 0) is 42.3 Å². The molecule has 172 valence electrons. The predicted octanol–water partition coefficient (Wildman–Crippen LogP) is 2.53. The smallest absolute Gasteiger partial charge is 0.254 e. The standard InChI is InChI=1S/C24H27FN6O2/c1-29-20-10-15-5-7-30(14-17(26)13-25)24(32)18(15)12-19(20)28-23(29)21-11-16-4-3-6-27-22(16)31(21)8-9-33-2/h3-4,6,10-12,17H,5,7-9,13-14,26H2,1-2H3/t17-/m1/s1. The first-order chi connectivity index (χ1) is 16.0. The number of aromatic nitrogens is 4. The van der Waals surface area contributed by atoms with Crippen LogP contribution in [0.1, 0.15) is 15.9 Å². The van der Waals surface area contributed by atoms with Crippen molar-refractivity contribution in [3.8, 4) is 11.5 Å². The van der Waals surface area contributed by atoms with Gasteiger partial charge in [0, 0.05) is 50.9 Å². The molecule has 0 radical (unpaired) electrons. The molecule has 0 saturated heterocycles. The first-order valence-corrected chi connectivity index (χ1v) is 11.1. The number of hydrogen-bond donors (Lipinski definition) is 1. The van der Waals surface area contributed by atoms with Gasteiger partial charge in [0.05, 0.1) is 29.4 Å². The minimum Gasteiger partial charge on any atom is -0.383 e. The van der Waals surface area contributed by atoms with Gasteiger partial charge in [0.25, 0.3) is 5.91 Å². The van der Waals surface area contributed by atoms with E-state index in [9.17, 15) is 9.18 Å². The minimum absolute atomic E-state index is 0.118. The quantitative estimate of drug-likeness (QED) is 0.467. The van der Waals surface area contributed by atoms with Gasteiger partial charge in [-0.15, -0.1) is 0 Å². The third kappa shape index (κ3) is 3.67. The Morgan fingerprint density at radius 1 is 1.30 bits per heavy atom. The van der Waals surface area contributed by atoms with Crippen LogP contribution < -0.4 is 5.73 Å². The third-order valence-corrected chi connectivity index (χ3v) is 6.33. The van der Waals surface area contributed by atoms with Crippen molar-refractivity contribution in [1.82, 2.24) is 24.0 Å². The predicted molar refractivity (Wildman–Crippen MR) is 125 cm³/mol. The highest BCUT2D eigenvalue weighted by atomic mass is 19.1. The van der Waals surface area contributed by atoms with Crippen molar-refractivity contribution in [3.05, 3.63) is 47.7 Å². The molecule has 1 amide bonds. The van der Waals surface area contributed by atoms with Crippen molar-refractivity contribution >= 4 is 28.0 Å². The van der Waals surface area contributed by atoms with Crippen LogP contribution in [-0.4, -0.2) is 69.4 Å². The number of carbonyl (C=O) groups excluding carboxylic acids is 1. The third-order valence-electron chi connectivity index (χ3n) is 6.33. The molecule has 1 aliphatic rings. The van der Waals surface area contributed by atoms with Gasteiger partial charge in [-0.3, -0.25) is 4.79 Å². The molecule has 8 nitrogen and oxygen atoms in total. The van der Waals surface area contributed by atoms with Gasteiger partial charge in [0.15, 0.2) is 5.82 Å². The van der Waals surface area contributed by atoms with E-state index in [0.717, 1.165) is 39.1 Å². The van der Waals surface area contributed by atoms with E-state index in [1.165, 1.54) is 0 Å². The molecule has 1 aliphatic heterocycles. The number of halogens is 1. The van der Waals surface area contributed by atoms with E-state index >= 15 is 0 Å². The van der Waals surface area contributed by atoms with Crippen LogP contribution in [0.2, 0.25) is 0 Å². The van der Waals surface area contributed by atoms with Crippen molar-refractivity contribution in [1.29, 1.82) is 0 Å². The molecule has 4 heterocycles. The number of carbonyl (C=O) groups is 1. The van der Waals surface area contributed by atoms with Gasteiger partial charge in [-0.2, -0.15) is 0 Å². The van der Waals surface area contributed by atoms with Gasteiger partial charge in [0.2, 0.25) is 0 Å². The normalized spacial score (nSPS) is 14.9. The van der Waals surface area contributed by atoms with Crippen LogP contribution >= 0.6 is 0 Å². The zero-order valence-electron chi connectivity index (χ0n) is 18.8. The number of hydrogen-bond acceptors (Lipinski definition) is 5. The highest BCUT2D eigenvalue weighted by Crippen LogP contribution is 2.31. The summed E-state index contributed by atoms with van der Waals surface area (Å²) >= 11 is 0. The number of imidazole rings is 1. The van der Waals surface area contributed by atoms with Crippen molar-refractivity contribution in [2.75, 3.05) is 33.5 Å². The molecule has 0 bridgehead atoms. The molecule has 1 atom stereocenters. The molecule has 0 unspecified atom stereocenters. The maximum Gasteiger partial charge on any atom is 0.254 e. The highest BCUT2D eigenvalue weighted by molar-refractivity contribution is 6.00. The Morgan fingerprint density at radius 2 is 2.15 bits per heavy atom. The largest absolute Gasteiger partial charge is 0.383 e. The molecule has 0 saturated carbocycles. The lowest BCUT2D eigenvalue weighted by molar-refractivity contribution is 0.0725. The maximum absolute atomic E-state index is 13.1. The first kappa shape index (κ1) is 21.5. The number of rotatable bonds is 7. The van der Waals surface area contributed by atoms with Crippen molar-refractivity contribution < 1.29 is 13.9 Å². The molecular weight excluding hydrogens is 423 g/mol. The van der Waals surface area contributed by atoms with E-state index in [0.29, 0.717) is 31.7 Å². The molecule has 4 aromatic rings. The monoisotopic (exact) mass is 450 g/mol. The summed E-state index contributed by atoms with van der Waals surface area (Å²) < 4.78 is 22.4. The lowest BCUT2D eigenvalue weighted by Gasteiger charge is -2.30. The summed E-state index contributed by atoms with van der Waals surface area (Å²) in [5.41, 5.74) is 10.9. The lowest BCUT2D eigenvalue weighted by Crippen LogP contribution is -2.45. The number of nitrogens with zero attached hydrogens (tertiary/aromatic N) is 5. The number of amides is 1. The second kappa shape index (κ2) is 8.57. The molecule has 33 heavy (non-hydrogen) atoms. The van der Waals surface area contributed by atoms with Crippen molar-refractivity contribution in [3.63, 3.8) is 0 Å². The number of fused-ring (bicyclic) bond motifs is 3. The molecule has 3 aromatic heterocycles. The summed E-state index contributed by atoms with van der Waals surface area (Å²) in [5.74, 6) is 0.679. The zero-order valence-corrected chi connectivity index (χ0v) is 18.8. The summed E-state index contributed by atoms with van der Waals surface area (Å²) in [6.07, 6.45) is 2.49. The fraction of sp³-hybridized carbons (Fsp3) is 0.375. The summed E-state index contributed by atoms with van der Waals surface area (Å²) in [6, 6.07) is 9.27. The fourth-order valence-electron chi connectivity index (χ4n) is 4.63. The van der Waals surface area contributed by atoms with E-state index in [2.05, 4.69) is 20.2 Å². The molecule has 0 aliphatic carbocycles. The molecule has 0 spiro atoms. The van der Waals surface area contributed by atoms with E-state index in [-0.39, 0.29) is 12.5 Å². The molecule has 9 heteroatoms. The average molecular weight is 451 g/mol. The van der Waals surface area contributed by atoms with E-state index in [1.54, 1.807) is 18.2 Å². The number of pyridine rings is 1. The SMILES string of the molecule is COCCn1c(-c2nc3cc4c(cc3n2C)CCN(C[C@H](N)CF)C4=O)cc2cccnc21. The van der Waals surface area contributed by atoms with Gasteiger partial charge >= 0.3 is 0 Å². The molecular formula is C24H27FN6O2. The Bertz CT molecular complexity index is 1340. The zero-order chi connectivity index (χ0) is 23.1. The second-order valence-electron chi connectivity index (χ2n) is 8.50. The maximum atomic E-state index is 13.1. The number of nitrogens with two attached hydrogens (primary N) is 1. The van der Waals surface area contributed by atoms with Crippen LogP contribution in [0.5, 0.6) is 0 Å². The summed E-state index contributed by atoms with van der Waals surface area (Å²) in [7, 11) is 3.67. The number of methoxy groups -OCH3 is 1. The Balaban J connectivity index is 1.60. The minimum atomic E-state index is -0.664. The summed E-state index contributed by atoms with van der Waals surface area (Å²) in [4.78, 5) is 24.2. The lowest BCUT2D eigenvalue weighted by atomic mass is 9.97. The highest BCUT2D eigenvalue weighted by Gasteiger charge is 2.27. The number of alkyl halides is 1. The Labute approximate surface area is 190 Å². The van der Waals surface area contributed by atoms with Crippen LogP contribution in [0.4, 0.5) is 4.39 Å². The number of ether oxygens (including phenoxy) is 1. The van der Waals surface area contributed by atoms with Gasteiger partial charge in [-0.1, -0.05) is 0 Å². The molecule has 5 rings (SSSR count). The average Bonchev–Trinajstić information content (AvgIpc) is 3.35. The molecule has 2 N–H and O–H groups in total.